The molecule has 0 radical (unpaired) electrons. The lowest BCUT2D eigenvalue weighted by molar-refractivity contribution is 0.631. The summed E-state index contributed by atoms with van der Waals surface area (Å²) in [7, 11) is 0. The molecule has 62 heavy (non-hydrogen) atoms. The van der Waals surface area contributed by atoms with E-state index >= 15 is 8.78 Å². The Balaban J connectivity index is 1.24. The van der Waals surface area contributed by atoms with E-state index in [2.05, 4.69) is 48.5 Å². The summed E-state index contributed by atoms with van der Waals surface area (Å²) in [6.07, 6.45) is 0. The third kappa shape index (κ3) is 5.86. The molecule has 0 atom stereocenters. The zero-order chi connectivity index (χ0) is 41.3. The first-order valence-electron chi connectivity index (χ1n) is 20.4. The summed E-state index contributed by atoms with van der Waals surface area (Å²) < 4.78 is 37.1. The van der Waals surface area contributed by atoms with Crippen molar-refractivity contribution in [1.29, 1.82) is 0 Å². The van der Waals surface area contributed by atoms with E-state index in [0.29, 0.717) is 22.3 Å². The van der Waals surface area contributed by atoms with Gasteiger partial charge in [-0.15, -0.1) is 22.7 Å². The molecule has 292 valence electrons. The average Bonchev–Trinajstić information content (AvgIpc) is 3.96. The van der Waals surface area contributed by atoms with Crippen LogP contribution >= 0.6 is 22.7 Å². The normalized spacial score (nSPS) is 11.7. The lowest BCUT2D eigenvalue weighted by Crippen LogP contribution is -1.99. The molecular weight excluding hydrogens is 803 g/mol. The number of hydrogen-bond acceptors (Lipinski definition) is 4. The molecule has 0 amide bonds. The van der Waals surface area contributed by atoms with Gasteiger partial charge in [-0.2, -0.15) is 0 Å². The fraction of sp³-hybridized carbons (Fsp3) is 0. The van der Waals surface area contributed by atoms with Crippen LogP contribution in [0.1, 0.15) is 0 Å². The number of thiazole rings is 2. The van der Waals surface area contributed by atoms with Gasteiger partial charge in [-0.05, 0) is 91.0 Å². The van der Waals surface area contributed by atoms with Gasteiger partial charge in [0.15, 0.2) is 0 Å². The van der Waals surface area contributed by atoms with Crippen molar-refractivity contribution in [2.45, 2.75) is 0 Å². The zero-order valence-electron chi connectivity index (χ0n) is 32.9. The molecule has 0 spiro atoms. The van der Waals surface area contributed by atoms with E-state index in [-0.39, 0.29) is 11.6 Å². The monoisotopic (exact) mass is 834 g/mol. The van der Waals surface area contributed by atoms with E-state index in [4.69, 9.17) is 9.97 Å². The first kappa shape index (κ1) is 36.5. The Morgan fingerprint density at radius 1 is 0.323 bits per heavy atom. The minimum Gasteiger partial charge on any atom is -0.236 e. The van der Waals surface area contributed by atoms with Gasteiger partial charge in [-0.1, -0.05) is 158 Å². The Hall–Kier alpha value is -7.38. The number of nitrogens with zero attached hydrogens (tertiary/aromatic N) is 2. The number of para-hydroxylation sites is 2. The van der Waals surface area contributed by atoms with Crippen LogP contribution in [-0.4, -0.2) is 9.97 Å². The number of aromatic nitrogens is 2. The highest BCUT2D eigenvalue weighted by atomic mass is 32.1. The van der Waals surface area contributed by atoms with Crippen molar-refractivity contribution in [2.24, 2.45) is 0 Å². The van der Waals surface area contributed by atoms with Crippen LogP contribution in [0.3, 0.4) is 0 Å². The topological polar surface area (TPSA) is 25.8 Å². The van der Waals surface area contributed by atoms with Crippen LogP contribution < -0.4 is 0 Å². The van der Waals surface area contributed by atoms with Gasteiger partial charge in [0.05, 0.1) is 20.4 Å². The predicted octanol–water partition coefficient (Wildman–Crippen LogP) is 16.6. The lowest BCUT2D eigenvalue weighted by Gasteiger charge is -2.25. The number of rotatable bonds is 6. The summed E-state index contributed by atoms with van der Waals surface area (Å²) in [6, 6.07) is 64.1. The second-order valence-corrected chi connectivity index (χ2v) is 17.5. The fourth-order valence-corrected chi connectivity index (χ4v) is 11.1. The predicted molar refractivity (Wildman–Crippen MR) is 258 cm³/mol. The molecule has 0 fully saturated rings. The van der Waals surface area contributed by atoms with Crippen molar-refractivity contribution in [3.8, 4) is 65.6 Å². The second-order valence-electron chi connectivity index (χ2n) is 15.4. The molecule has 12 aromatic rings. The second kappa shape index (κ2) is 14.7. The summed E-state index contributed by atoms with van der Waals surface area (Å²) in [6.45, 7) is 0. The Morgan fingerprint density at radius 3 is 1.06 bits per heavy atom. The molecule has 0 bridgehead atoms. The maximum atomic E-state index is 17.5. The number of benzene rings is 10. The molecule has 0 saturated carbocycles. The van der Waals surface area contributed by atoms with E-state index < -0.39 is 0 Å². The van der Waals surface area contributed by atoms with E-state index in [9.17, 15) is 0 Å². The van der Waals surface area contributed by atoms with Crippen LogP contribution in [0, 0.1) is 11.6 Å². The molecule has 0 saturated heterocycles. The number of hydrogen-bond donors (Lipinski definition) is 0. The highest BCUT2D eigenvalue weighted by Gasteiger charge is 2.28. The summed E-state index contributed by atoms with van der Waals surface area (Å²) in [5, 5.41) is 6.90. The maximum absolute atomic E-state index is 17.5. The van der Waals surface area contributed by atoms with Crippen LogP contribution in [0.2, 0.25) is 0 Å². The molecular formula is C56H32F2N2S2. The molecule has 0 unspecified atom stereocenters. The van der Waals surface area contributed by atoms with E-state index in [1.54, 1.807) is 34.8 Å². The molecule has 0 aliphatic carbocycles. The van der Waals surface area contributed by atoms with Crippen molar-refractivity contribution >= 4 is 75.4 Å². The van der Waals surface area contributed by atoms with Crippen molar-refractivity contribution in [3.05, 3.63) is 206 Å². The Morgan fingerprint density at radius 2 is 0.677 bits per heavy atom. The van der Waals surface area contributed by atoms with E-state index in [1.165, 1.54) is 0 Å². The number of halogens is 2. The van der Waals surface area contributed by atoms with Crippen LogP contribution in [0.15, 0.2) is 194 Å². The van der Waals surface area contributed by atoms with Gasteiger partial charge >= 0.3 is 0 Å². The molecule has 0 aliphatic rings. The van der Waals surface area contributed by atoms with Gasteiger partial charge in [0.1, 0.15) is 21.6 Å². The molecule has 2 nitrogen and oxygen atoms in total. The molecule has 2 heterocycles. The lowest BCUT2D eigenvalue weighted by atomic mass is 9.77. The van der Waals surface area contributed by atoms with Gasteiger partial charge in [0.25, 0.3) is 0 Å². The van der Waals surface area contributed by atoms with Crippen molar-refractivity contribution in [1.82, 2.24) is 9.97 Å². The quantitative estimate of drug-likeness (QED) is 0.156. The van der Waals surface area contributed by atoms with Gasteiger partial charge in [0.2, 0.25) is 0 Å². The van der Waals surface area contributed by atoms with Crippen molar-refractivity contribution in [2.75, 3.05) is 0 Å². The van der Waals surface area contributed by atoms with E-state index in [0.717, 1.165) is 96.1 Å². The summed E-state index contributed by atoms with van der Waals surface area (Å²) in [5.74, 6) is -0.721. The fourth-order valence-electron chi connectivity index (χ4n) is 9.19. The minimum atomic E-state index is -0.360. The Kier molecular flexibility index (Phi) is 8.63. The first-order chi connectivity index (χ1) is 30.6. The smallest absolute Gasteiger partial charge is 0.131 e. The van der Waals surface area contributed by atoms with Gasteiger partial charge in [-0.3, -0.25) is 0 Å². The third-order valence-electron chi connectivity index (χ3n) is 11.9. The minimum absolute atomic E-state index is 0.360. The third-order valence-corrected chi connectivity index (χ3v) is 14.0. The summed E-state index contributed by atoms with van der Waals surface area (Å²) in [4.78, 5) is 9.72. The maximum Gasteiger partial charge on any atom is 0.131 e. The summed E-state index contributed by atoms with van der Waals surface area (Å²) in [5.41, 5.74) is 9.50. The molecule has 2 aromatic heterocycles. The van der Waals surface area contributed by atoms with Crippen molar-refractivity contribution < 1.29 is 8.78 Å². The molecule has 0 aliphatic heterocycles. The van der Waals surface area contributed by atoms with Crippen LogP contribution in [0.4, 0.5) is 8.78 Å². The van der Waals surface area contributed by atoms with Crippen LogP contribution in [0.25, 0.3) is 118 Å². The van der Waals surface area contributed by atoms with Gasteiger partial charge in [0, 0.05) is 33.4 Å². The summed E-state index contributed by atoms with van der Waals surface area (Å²) >= 11 is 3.10. The van der Waals surface area contributed by atoms with E-state index in [1.807, 2.05) is 133 Å². The highest BCUT2D eigenvalue weighted by molar-refractivity contribution is 7.22. The molecule has 10 aromatic carbocycles. The first-order valence-corrected chi connectivity index (χ1v) is 22.1. The van der Waals surface area contributed by atoms with Crippen LogP contribution in [0.5, 0.6) is 0 Å². The average molecular weight is 835 g/mol. The van der Waals surface area contributed by atoms with Crippen molar-refractivity contribution in [3.63, 3.8) is 0 Å². The largest absolute Gasteiger partial charge is 0.236 e. The van der Waals surface area contributed by atoms with Gasteiger partial charge in [-0.25, -0.2) is 18.7 Å². The Labute approximate surface area is 363 Å². The number of fused-ring (bicyclic) bond motifs is 5. The zero-order valence-corrected chi connectivity index (χ0v) is 34.6. The van der Waals surface area contributed by atoms with Crippen LogP contribution in [-0.2, 0) is 0 Å². The highest BCUT2D eigenvalue weighted by Crippen LogP contribution is 2.54. The standard InChI is InChI=1S/C56H32F2N2S2/c57-43-31-35(55-59-45-23-11-13-25-47(45)61-55)27-29-41(43)51-39-21-9-10-22-40(39)52(42-30-28-36(32-44(42)58)56-60-46-24-12-14-26-48(46)62-56)54-50(34-17-5-2-6-18-34)38-20-8-7-19-37(38)49(53(51)54)33-15-3-1-4-16-33/h1-32H. The molecule has 6 heteroatoms. The van der Waals surface area contributed by atoms with Gasteiger partial charge < -0.3 is 0 Å². The molecule has 12 rings (SSSR count). The molecule has 0 N–H and O–H groups in total. The SMILES string of the molecule is Fc1cc(-c2nc3ccccc3s2)ccc1-c1c2ccccc2c(-c2ccc(-c3nc4ccccc4s3)cc2F)c2c(-c3ccccc3)c3ccccc3c(-c3ccccc3)c12. The Bertz CT molecular complexity index is 3410.